The number of aromatic nitrogens is 4. The quantitative estimate of drug-likeness (QED) is 0.0981. The van der Waals surface area contributed by atoms with E-state index in [9.17, 15) is 14.7 Å². The second-order valence-corrected chi connectivity index (χ2v) is 12.8. The summed E-state index contributed by atoms with van der Waals surface area (Å²) in [6, 6.07) is 14.4. The van der Waals surface area contributed by atoms with E-state index in [2.05, 4.69) is 31.1 Å². The zero-order chi connectivity index (χ0) is 33.6. The summed E-state index contributed by atoms with van der Waals surface area (Å²) in [4.78, 5) is 33.3. The van der Waals surface area contributed by atoms with Gasteiger partial charge in [0, 0.05) is 30.4 Å². The van der Waals surface area contributed by atoms with E-state index in [4.69, 9.17) is 18.9 Å². The third-order valence-corrected chi connectivity index (χ3v) is 7.41. The van der Waals surface area contributed by atoms with Gasteiger partial charge in [-0.15, -0.1) is 10.2 Å². The Morgan fingerprint density at radius 1 is 1.04 bits per heavy atom. The number of aliphatic hydroxyl groups excluding tert-OH is 1. The van der Waals surface area contributed by atoms with Gasteiger partial charge in [0.15, 0.2) is 0 Å². The van der Waals surface area contributed by atoms with Crippen molar-refractivity contribution >= 4 is 29.5 Å². The molecule has 0 fully saturated rings. The summed E-state index contributed by atoms with van der Waals surface area (Å²) >= 11 is 0. The number of nitrogens with zero attached hydrogens (tertiary/aromatic N) is 4. The van der Waals surface area contributed by atoms with Crippen molar-refractivity contribution in [1.82, 2.24) is 25.5 Å². The Balaban J connectivity index is 1.30. The second-order valence-electron chi connectivity index (χ2n) is 12.8. The number of carbonyl (C=O) groups excluding carboxylic acids is 2. The molecule has 1 aliphatic rings. The lowest BCUT2D eigenvalue weighted by atomic mass is 9.95. The Labute approximate surface area is 273 Å². The molecule has 0 unspecified atom stereocenters. The Hall–Kier alpha value is -5.04. The van der Waals surface area contributed by atoms with Crippen molar-refractivity contribution < 1.29 is 28.6 Å². The van der Waals surface area contributed by atoms with Gasteiger partial charge in [0.2, 0.25) is 11.8 Å². The highest BCUT2D eigenvalue weighted by Gasteiger charge is 2.37. The van der Waals surface area contributed by atoms with Gasteiger partial charge in [-0.3, -0.25) is 0 Å². The number of hydrogen-bond acceptors (Lipinski definition) is 12. The zero-order valence-corrected chi connectivity index (χ0v) is 27.3. The van der Waals surface area contributed by atoms with E-state index in [-0.39, 0.29) is 24.4 Å². The highest BCUT2D eigenvalue weighted by atomic mass is 16.6. The highest BCUT2D eigenvalue weighted by Crippen LogP contribution is 2.38. The maximum Gasteiger partial charge on any atom is 0.407 e. The minimum atomic E-state index is -0.752. The van der Waals surface area contributed by atoms with Crippen molar-refractivity contribution in [3.05, 3.63) is 77.3 Å². The molecular weight excluding hydrogens is 602 g/mol. The number of anilines is 3. The number of alkyl carbamates (subject to hydrolysis) is 1. The topological polar surface area (TPSA) is 174 Å². The fourth-order valence-corrected chi connectivity index (χ4v) is 5.11. The van der Waals surface area contributed by atoms with Crippen LogP contribution in [0.15, 0.2) is 59.1 Å². The molecule has 0 bridgehead atoms. The molecule has 5 rings (SSSR count). The van der Waals surface area contributed by atoms with Crippen LogP contribution >= 0.6 is 0 Å². The van der Waals surface area contributed by atoms with Crippen LogP contribution in [0.2, 0.25) is 0 Å². The van der Waals surface area contributed by atoms with Crippen LogP contribution in [0, 0.1) is 0 Å². The van der Waals surface area contributed by atoms with Gasteiger partial charge in [0.1, 0.15) is 17.0 Å². The first-order valence-corrected chi connectivity index (χ1v) is 15.7. The number of cyclic esters (lactones) is 1. The van der Waals surface area contributed by atoms with Gasteiger partial charge in [-0.2, -0.15) is 4.98 Å². The third-order valence-electron chi connectivity index (χ3n) is 7.41. The average Bonchev–Trinajstić information content (AvgIpc) is 3.58. The normalized spacial score (nSPS) is 14.2. The number of nitrogens with one attached hydrogen (secondary N) is 3. The summed E-state index contributed by atoms with van der Waals surface area (Å²) in [5.74, 6) is 1.01. The summed E-state index contributed by atoms with van der Waals surface area (Å²) < 4.78 is 16.8. The summed E-state index contributed by atoms with van der Waals surface area (Å²) in [5, 5.41) is 28.0. The zero-order valence-electron chi connectivity index (χ0n) is 27.3. The molecular formula is C34H41N7O6. The summed E-state index contributed by atoms with van der Waals surface area (Å²) in [7, 11) is 0. The molecule has 3 heterocycles. The Bertz CT molecular complexity index is 1700. The minimum absolute atomic E-state index is 0.192. The number of ether oxygens (including phenoxy) is 2. The smallest absolute Gasteiger partial charge is 0.407 e. The molecule has 0 saturated heterocycles. The lowest BCUT2D eigenvalue weighted by molar-refractivity contribution is 0.00951. The number of hydrogen-bond donors (Lipinski definition) is 4. The predicted octanol–water partition coefficient (Wildman–Crippen LogP) is 6.06. The molecule has 0 aliphatic carbocycles. The van der Waals surface area contributed by atoms with Gasteiger partial charge >= 0.3 is 12.1 Å². The van der Waals surface area contributed by atoms with E-state index in [0.717, 1.165) is 30.4 Å². The molecule has 2 aromatic heterocycles. The molecule has 4 aromatic rings. The first kappa shape index (κ1) is 33.3. The summed E-state index contributed by atoms with van der Waals surface area (Å²) in [5.41, 5.74) is 2.03. The number of benzene rings is 2. The maximum atomic E-state index is 12.2. The minimum Gasteiger partial charge on any atom is -0.451 e. The monoisotopic (exact) mass is 643 g/mol. The average molecular weight is 644 g/mol. The molecule has 1 amide bonds. The van der Waals surface area contributed by atoms with Gasteiger partial charge in [-0.25, -0.2) is 14.6 Å². The number of fused-ring (bicyclic) bond motifs is 1. The van der Waals surface area contributed by atoms with Gasteiger partial charge in [-0.1, -0.05) is 36.8 Å². The number of rotatable bonds is 13. The molecule has 1 atom stereocenters. The molecule has 2 aromatic carbocycles. The molecule has 13 heteroatoms. The molecule has 1 aliphatic heterocycles. The summed E-state index contributed by atoms with van der Waals surface area (Å²) in [6.45, 7) is 9.48. The van der Waals surface area contributed by atoms with Crippen molar-refractivity contribution in [2.75, 3.05) is 23.8 Å². The number of carbonyl (C=O) groups is 2. The van der Waals surface area contributed by atoms with E-state index in [0.29, 0.717) is 41.5 Å². The van der Waals surface area contributed by atoms with Crippen molar-refractivity contribution in [1.29, 1.82) is 0 Å². The highest BCUT2D eigenvalue weighted by molar-refractivity contribution is 5.95. The largest absolute Gasteiger partial charge is 0.451 e. The van der Waals surface area contributed by atoms with Crippen LogP contribution in [0.4, 0.5) is 22.2 Å². The van der Waals surface area contributed by atoms with Crippen LogP contribution in [0.1, 0.15) is 87.3 Å². The maximum absolute atomic E-state index is 12.2. The predicted molar refractivity (Wildman–Crippen MR) is 175 cm³/mol. The van der Waals surface area contributed by atoms with E-state index in [1.165, 1.54) is 0 Å². The molecule has 4 N–H and O–H groups in total. The molecule has 47 heavy (non-hydrogen) atoms. The number of amides is 1. The molecule has 13 nitrogen and oxygen atoms in total. The van der Waals surface area contributed by atoms with E-state index in [1.54, 1.807) is 18.3 Å². The van der Waals surface area contributed by atoms with Crippen molar-refractivity contribution in [2.24, 2.45) is 0 Å². The van der Waals surface area contributed by atoms with Crippen LogP contribution in [0.25, 0.3) is 11.5 Å². The fraction of sp³-hybridized carbons (Fsp3) is 0.412. The first-order valence-electron chi connectivity index (χ1n) is 15.7. The van der Waals surface area contributed by atoms with Gasteiger partial charge < -0.3 is 34.9 Å². The van der Waals surface area contributed by atoms with Crippen molar-refractivity contribution in [2.45, 2.75) is 77.5 Å². The fourth-order valence-electron chi connectivity index (χ4n) is 5.11. The Morgan fingerprint density at radius 3 is 2.57 bits per heavy atom. The van der Waals surface area contributed by atoms with E-state index < -0.39 is 23.3 Å². The number of esters is 1. The van der Waals surface area contributed by atoms with Crippen LogP contribution in [-0.2, 0) is 21.5 Å². The Morgan fingerprint density at radius 2 is 1.83 bits per heavy atom. The van der Waals surface area contributed by atoms with Crippen molar-refractivity contribution in [3.8, 4) is 11.5 Å². The van der Waals surface area contributed by atoms with Crippen LogP contribution in [-0.4, -0.2) is 56.1 Å². The molecule has 248 valence electrons. The van der Waals surface area contributed by atoms with Gasteiger partial charge in [0.25, 0.3) is 5.89 Å². The second kappa shape index (κ2) is 14.2. The van der Waals surface area contributed by atoms with Crippen LogP contribution in [0.5, 0.6) is 0 Å². The first-order chi connectivity index (χ1) is 22.4. The number of aliphatic hydroxyl groups is 1. The molecule has 0 saturated carbocycles. The lowest BCUT2D eigenvalue weighted by Gasteiger charge is -2.20. The van der Waals surface area contributed by atoms with Gasteiger partial charge in [0.05, 0.1) is 23.8 Å². The van der Waals surface area contributed by atoms with Crippen LogP contribution < -0.4 is 16.0 Å². The molecule has 0 radical (unpaired) electrons. The van der Waals surface area contributed by atoms with E-state index in [1.807, 2.05) is 71.0 Å². The van der Waals surface area contributed by atoms with Crippen molar-refractivity contribution in [3.63, 3.8) is 0 Å². The number of unbranched alkanes of at least 4 members (excludes halogenated alkanes) is 2. The van der Waals surface area contributed by atoms with E-state index >= 15 is 0 Å². The van der Waals surface area contributed by atoms with Crippen LogP contribution in [0.3, 0.4) is 0 Å². The SMILES string of the molecule is CC(C)(C)OC(=O)NCCCCCc1nnc(-c2cnc(Nc3ccc4c(c3)C(C)(C)OC4=O)nc2N[C@H](CO)c2ccccc2)o1. The Kier molecular flexibility index (Phi) is 10.0. The lowest BCUT2D eigenvalue weighted by Crippen LogP contribution is -2.32. The summed E-state index contributed by atoms with van der Waals surface area (Å²) in [6.07, 6.45) is 4.14. The number of aryl methyl sites for hydroxylation is 1. The molecule has 0 spiro atoms. The van der Waals surface area contributed by atoms with Gasteiger partial charge in [-0.05, 0) is 71.2 Å². The third kappa shape index (κ3) is 8.61. The standard InChI is InChI=1S/C34H41N7O6/c1-33(2,3)47-32(44)35-17-11-7-10-14-27-40-41-29(45-27)24-19-36-31(39-28(24)38-26(20-42)21-12-8-6-9-13-21)37-22-15-16-23-25(18-22)34(4,5)46-30(23)43/h6,8-9,12-13,15-16,18-19,26,42H,7,10-11,14,17,20H2,1-5H3,(H,35,44)(H2,36,37,38,39)/t26-/m1/s1.